The molecule has 15 heavy (non-hydrogen) atoms. The number of aromatic amines is 1. The van der Waals surface area contributed by atoms with Crippen molar-refractivity contribution in [2.45, 2.75) is 0 Å². The molecule has 1 aromatic heterocycles. The van der Waals surface area contributed by atoms with Gasteiger partial charge in [0.25, 0.3) is 0 Å². The van der Waals surface area contributed by atoms with Crippen molar-refractivity contribution < 1.29 is 26.3 Å². The van der Waals surface area contributed by atoms with Gasteiger partial charge >= 0.3 is 12.2 Å². The number of nitrogens with zero attached hydrogens (tertiary/aromatic N) is 2. The van der Waals surface area contributed by atoms with Gasteiger partial charge in [-0.3, -0.25) is 5.10 Å². The number of hydrogen-bond donors (Lipinski definition) is 1. The van der Waals surface area contributed by atoms with Crippen molar-refractivity contribution in [3.05, 3.63) is 23.8 Å². The lowest BCUT2D eigenvalue weighted by Gasteiger charge is -1.87. The van der Waals surface area contributed by atoms with Crippen molar-refractivity contribution in [2.75, 3.05) is 0 Å². The maximum atomic E-state index is 12.4. The summed E-state index contributed by atoms with van der Waals surface area (Å²) >= 11 is 0. The Morgan fingerprint density at radius 1 is 0.867 bits per heavy atom. The molecule has 1 rings (SSSR count). The second kappa shape index (κ2) is 4.15. The van der Waals surface area contributed by atoms with E-state index in [0.717, 1.165) is 0 Å². The van der Waals surface area contributed by atoms with E-state index in [9.17, 15) is 26.3 Å². The number of hydrogen-bond acceptors (Lipinski definition) is 2. The average molecular weight is 229 g/mol. The molecule has 0 bridgehead atoms. The minimum Gasteiger partial charge on any atom is -0.256 e. The van der Waals surface area contributed by atoms with Gasteiger partial charge in [0, 0.05) is 0 Å². The van der Waals surface area contributed by atoms with Gasteiger partial charge in [-0.1, -0.05) is 0 Å². The van der Waals surface area contributed by atoms with E-state index in [0.29, 0.717) is 0 Å². The van der Waals surface area contributed by atoms with Crippen LogP contribution in [0.4, 0.5) is 26.3 Å². The van der Waals surface area contributed by atoms with E-state index < -0.39 is 35.5 Å². The van der Waals surface area contributed by atoms with E-state index in [1.807, 2.05) is 0 Å². The first kappa shape index (κ1) is 11.3. The van der Waals surface area contributed by atoms with Crippen LogP contribution in [0.3, 0.4) is 0 Å². The molecule has 1 heterocycles. The van der Waals surface area contributed by atoms with E-state index in [1.54, 1.807) is 5.10 Å². The van der Waals surface area contributed by atoms with Gasteiger partial charge in [0.05, 0.1) is 0 Å². The first-order chi connectivity index (χ1) is 6.93. The number of rotatable bonds is 2. The van der Waals surface area contributed by atoms with Crippen molar-refractivity contribution in [3.63, 3.8) is 0 Å². The molecule has 1 aromatic rings. The highest BCUT2D eigenvalue weighted by atomic mass is 19.3. The van der Waals surface area contributed by atoms with Crippen LogP contribution in [0.1, 0.15) is 11.6 Å². The fraction of sp³-hybridized carbons (Fsp3) is 0. The van der Waals surface area contributed by atoms with E-state index in [2.05, 4.69) is 10.1 Å². The number of H-pyrrole nitrogens is 1. The molecule has 1 N–H and O–H groups in total. The summed E-state index contributed by atoms with van der Waals surface area (Å²) in [6.07, 6.45) is -5.45. The second-order valence-electron chi connectivity index (χ2n) is 2.16. The molecule has 0 atom stereocenters. The Labute approximate surface area is 78.1 Å². The number of aromatic nitrogens is 3. The van der Waals surface area contributed by atoms with Crippen LogP contribution in [0, 0.1) is 0 Å². The van der Waals surface area contributed by atoms with Gasteiger partial charge in [-0.2, -0.15) is 31.4 Å². The highest BCUT2D eigenvalue weighted by Gasteiger charge is 2.18. The molecule has 0 aliphatic carbocycles. The number of nitrogens with one attached hydrogen (secondary N) is 1. The Bertz CT molecular complexity index is 387. The van der Waals surface area contributed by atoms with Crippen LogP contribution < -0.4 is 0 Å². The first-order valence-electron chi connectivity index (χ1n) is 3.28. The Morgan fingerprint density at radius 2 is 1.40 bits per heavy atom. The Balaban J connectivity index is 3.12. The lowest BCUT2D eigenvalue weighted by Crippen LogP contribution is -1.84. The normalized spacial score (nSPS) is 10.0. The highest BCUT2D eigenvalue weighted by Crippen LogP contribution is 2.22. The summed E-state index contributed by atoms with van der Waals surface area (Å²) < 4.78 is 71.4. The van der Waals surface area contributed by atoms with Gasteiger partial charge in [0.15, 0.2) is 5.82 Å². The second-order valence-corrected chi connectivity index (χ2v) is 2.16. The fourth-order valence-corrected chi connectivity index (χ4v) is 0.632. The van der Waals surface area contributed by atoms with Crippen LogP contribution in [-0.4, -0.2) is 15.2 Å². The Hall–Kier alpha value is -1.80. The summed E-state index contributed by atoms with van der Waals surface area (Å²) in [5.41, 5.74) is 0. The molecule has 0 spiro atoms. The molecule has 0 amide bonds. The molecule has 0 unspecified atom stereocenters. The van der Waals surface area contributed by atoms with Gasteiger partial charge in [-0.15, -0.1) is 0 Å². The van der Waals surface area contributed by atoms with Crippen molar-refractivity contribution in [1.82, 2.24) is 15.2 Å². The molecular weight excluding hydrogens is 228 g/mol. The van der Waals surface area contributed by atoms with Crippen LogP contribution >= 0.6 is 0 Å². The average Bonchev–Trinajstić information content (AvgIpc) is 2.63. The zero-order chi connectivity index (χ0) is 11.6. The molecule has 0 radical (unpaired) electrons. The lowest BCUT2D eigenvalue weighted by atomic mass is 10.5. The third-order valence-corrected chi connectivity index (χ3v) is 1.22. The summed E-state index contributed by atoms with van der Waals surface area (Å²) in [7, 11) is 0. The SMILES string of the molecule is FC(F)=C(F)c1n[nH]c(C(F)=C(F)F)n1. The third-order valence-electron chi connectivity index (χ3n) is 1.22. The molecule has 82 valence electrons. The molecule has 0 aliphatic heterocycles. The van der Waals surface area contributed by atoms with E-state index in [4.69, 9.17) is 0 Å². The molecule has 0 saturated heterocycles. The predicted molar refractivity (Wildman–Crippen MR) is 36.9 cm³/mol. The van der Waals surface area contributed by atoms with E-state index in [1.165, 1.54) is 0 Å². The highest BCUT2D eigenvalue weighted by molar-refractivity contribution is 5.57. The summed E-state index contributed by atoms with van der Waals surface area (Å²) in [4.78, 5) is 2.76. The van der Waals surface area contributed by atoms with Crippen molar-refractivity contribution in [1.29, 1.82) is 0 Å². The minimum atomic E-state index is -2.73. The van der Waals surface area contributed by atoms with Crippen LogP contribution in [0.2, 0.25) is 0 Å². The van der Waals surface area contributed by atoms with Gasteiger partial charge in [-0.25, -0.2) is 4.98 Å². The molecule has 0 aliphatic rings. The molecular formula is C6HF6N3. The summed E-state index contributed by atoms with van der Waals surface area (Å²) in [5.74, 6) is -6.51. The smallest absolute Gasteiger partial charge is 0.256 e. The fourth-order valence-electron chi connectivity index (χ4n) is 0.632. The van der Waals surface area contributed by atoms with Crippen molar-refractivity contribution in [2.24, 2.45) is 0 Å². The van der Waals surface area contributed by atoms with Crippen molar-refractivity contribution >= 4 is 11.7 Å². The molecule has 0 aromatic carbocycles. The minimum absolute atomic E-state index is 1.12. The lowest BCUT2D eigenvalue weighted by molar-refractivity contribution is 0.409. The maximum absolute atomic E-state index is 12.4. The zero-order valence-electron chi connectivity index (χ0n) is 6.66. The summed E-state index contributed by atoms with van der Waals surface area (Å²) in [5, 5.41) is 4.33. The van der Waals surface area contributed by atoms with E-state index >= 15 is 0 Å². The molecule has 9 heteroatoms. The maximum Gasteiger partial charge on any atom is 0.309 e. The summed E-state index contributed by atoms with van der Waals surface area (Å²) in [6.45, 7) is 0. The third kappa shape index (κ3) is 2.36. The van der Waals surface area contributed by atoms with Crippen LogP contribution in [0.25, 0.3) is 11.7 Å². The summed E-state index contributed by atoms with van der Waals surface area (Å²) in [6, 6.07) is 0. The number of halogens is 6. The van der Waals surface area contributed by atoms with Gasteiger partial charge in [-0.05, 0) is 0 Å². The molecule has 0 fully saturated rings. The van der Waals surface area contributed by atoms with Gasteiger partial charge < -0.3 is 0 Å². The van der Waals surface area contributed by atoms with Gasteiger partial charge in [0.1, 0.15) is 0 Å². The molecule has 0 saturated carbocycles. The Morgan fingerprint density at radius 3 is 1.87 bits per heavy atom. The monoisotopic (exact) mass is 229 g/mol. The predicted octanol–water partition coefficient (Wildman–Crippen LogP) is 2.87. The zero-order valence-corrected chi connectivity index (χ0v) is 6.66. The molecule has 3 nitrogen and oxygen atoms in total. The van der Waals surface area contributed by atoms with E-state index in [-0.39, 0.29) is 0 Å². The Kier molecular flexibility index (Phi) is 3.12. The first-order valence-corrected chi connectivity index (χ1v) is 3.28. The standard InChI is InChI=1S/C6HF6N3/c7-1(3(9)10)5-13-6(15-14-5)2(8)4(11)12/h(H,13,14,15). The van der Waals surface area contributed by atoms with Crippen molar-refractivity contribution in [3.8, 4) is 0 Å². The van der Waals surface area contributed by atoms with Crippen LogP contribution in [0.15, 0.2) is 12.2 Å². The quantitative estimate of drug-likeness (QED) is 0.792. The van der Waals surface area contributed by atoms with Crippen LogP contribution in [0.5, 0.6) is 0 Å². The largest absolute Gasteiger partial charge is 0.309 e. The topological polar surface area (TPSA) is 41.6 Å². The van der Waals surface area contributed by atoms with Crippen LogP contribution in [-0.2, 0) is 0 Å². The van der Waals surface area contributed by atoms with Gasteiger partial charge in [0.2, 0.25) is 17.5 Å².